The molecule has 1 rings (SSSR count). The molecule has 0 spiro atoms. The molecule has 1 aliphatic heterocycles. The van der Waals surface area contributed by atoms with Gasteiger partial charge in [-0.2, -0.15) is 0 Å². The van der Waals surface area contributed by atoms with Gasteiger partial charge in [-0.1, -0.05) is 35.7 Å². The van der Waals surface area contributed by atoms with Crippen LogP contribution in [0.15, 0.2) is 0 Å². The minimum Gasteiger partial charge on any atom is -0.452 e. The predicted molar refractivity (Wildman–Crippen MR) is 73.6 cm³/mol. The number of esters is 1. The Kier molecular flexibility index (Phi) is 6.68. The third-order valence-electron chi connectivity index (χ3n) is 3.13. The van der Waals surface area contributed by atoms with Gasteiger partial charge in [-0.15, -0.1) is 0 Å². The van der Waals surface area contributed by atoms with E-state index >= 15 is 0 Å². The lowest BCUT2D eigenvalue weighted by Crippen LogP contribution is -2.39. The van der Waals surface area contributed by atoms with Gasteiger partial charge in [0, 0.05) is 13.1 Å². The van der Waals surface area contributed by atoms with Crippen LogP contribution < -0.4 is 0 Å². The van der Waals surface area contributed by atoms with E-state index < -0.39 is 6.10 Å². The largest absolute Gasteiger partial charge is 0.452 e. The van der Waals surface area contributed by atoms with E-state index in [1.165, 1.54) is 0 Å². The lowest BCUT2D eigenvalue weighted by Gasteiger charge is -2.21. The van der Waals surface area contributed by atoms with Gasteiger partial charge in [0.05, 0.1) is 0 Å². The van der Waals surface area contributed by atoms with Crippen molar-refractivity contribution < 1.29 is 14.3 Å². The van der Waals surface area contributed by atoms with Crippen LogP contribution in [0.3, 0.4) is 0 Å². The SMILES string of the molecule is CCCCC(Br)C(=O)O[C@@H](C)C(=O)N1CCCC1. The molecule has 0 aromatic heterocycles. The van der Waals surface area contributed by atoms with Gasteiger partial charge in [0.2, 0.25) is 0 Å². The Morgan fingerprint density at radius 3 is 2.50 bits per heavy atom. The van der Waals surface area contributed by atoms with Gasteiger partial charge in [-0.25, -0.2) is 0 Å². The molecule has 1 heterocycles. The second kappa shape index (κ2) is 7.77. The van der Waals surface area contributed by atoms with Crippen LogP contribution in [0.5, 0.6) is 0 Å². The summed E-state index contributed by atoms with van der Waals surface area (Å²) in [5, 5.41) is 0. The highest BCUT2D eigenvalue weighted by Gasteiger charge is 2.27. The molecular weight excluding hydrogens is 298 g/mol. The Morgan fingerprint density at radius 2 is 1.94 bits per heavy atom. The number of hydrogen-bond acceptors (Lipinski definition) is 3. The molecule has 0 aromatic rings. The molecule has 2 atom stereocenters. The number of alkyl halides is 1. The summed E-state index contributed by atoms with van der Waals surface area (Å²) < 4.78 is 5.21. The van der Waals surface area contributed by atoms with Crippen LogP contribution in [-0.4, -0.2) is 40.8 Å². The molecule has 1 fully saturated rings. The van der Waals surface area contributed by atoms with Crippen LogP contribution in [0.1, 0.15) is 46.0 Å². The standard InChI is InChI=1S/C13H22BrNO3/c1-3-4-7-11(14)13(17)18-10(2)12(16)15-8-5-6-9-15/h10-11H,3-9H2,1-2H3/t10-,11?/m0/s1. The first kappa shape index (κ1) is 15.5. The number of hydrogen-bond donors (Lipinski definition) is 0. The fourth-order valence-electron chi connectivity index (χ4n) is 1.99. The number of ether oxygens (including phenoxy) is 1. The first-order valence-corrected chi connectivity index (χ1v) is 7.61. The van der Waals surface area contributed by atoms with Gasteiger partial charge in [-0.3, -0.25) is 9.59 Å². The number of likely N-dealkylation sites (tertiary alicyclic amines) is 1. The molecule has 0 aliphatic carbocycles. The Hall–Kier alpha value is -0.580. The van der Waals surface area contributed by atoms with Crippen molar-refractivity contribution >= 4 is 27.8 Å². The van der Waals surface area contributed by atoms with Gasteiger partial charge >= 0.3 is 5.97 Å². The van der Waals surface area contributed by atoms with E-state index in [0.29, 0.717) is 0 Å². The average molecular weight is 320 g/mol. The third kappa shape index (κ3) is 4.59. The lowest BCUT2D eigenvalue weighted by molar-refractivity contribution is -0.158. The van der Waals surface area contributed by atoms with Crippen LogP contribution in [0.25, 0.3) is 0 Å². The second-order valence-electron chi connectivity index (χ2n) is 4.72. The maximum atomic E-state index is 12.0. The zero-order valence-electron chi connectivity index (χ0n) is 11.2. The number of carbonyl (C=O) groups is 2. The van der Waals surface area contributed by atoms with E-state index in [2.05, 4.69) is 22.9 Å². The monoisotopic (exact) mass is 319 g/mol. The van der Waals surface area contributed by atoms with Crippen molar-refractivity contribution in [3.05, 3.63) is 0 Å². The zero-order valence-corrected chi connectivity index (χ0v) is 12.7. The molecule has 104 valence electrons. The van der Waals surface area contributed by atoms with Crippen LogP contribution in [0.4, 0.5) is 0 Å². The van der Waals surface area contributed by atoms with Gasteiger partial charge in [0.25, 0.3) is 5.91 Å². The van der Waals surface area contributed by atoms with E-state index in [0.717, 1.165) is 45.2 Å². The summed E-state index contributed by atoms with van der Waals surface area (Å²) in [6.45, 7) is 5.30. The van der Waals surface area contributed by atoms with Gasteiger partial charge < -0.3 is 9.64 Å². The average Bonchev–Trinajstić information content (AvgIpc) is 2.88. The summed E-state index contributed by atoms with van der Waals surface area (Å²) in [5.41, 5.74) is 0. The molecular formula is C13H22BrNO3. The van der Waals surface area contributed by atoms with Crippen molar-refractivity contribution in [2.75, 3.05) is 13.1 Å². The van der Waals surface area contributed by atoms with Crippen molar-refractivity contribution in [2.24, 2.45) is 0 Å². The van der Waals surface area contributed by atoms with Gasteiger partial charge in [-0.05, 0) is 26.2 Å². The summed E-state index contributed by atoms with van der Waals surface area (Å²) in [7, 11) is 0. The molecule has 0 aromatic carbocycles. The summed E-state index contributed by atoms with van der Waals surface area (Å²) >= 11 is 3.31. The Morgan fingerprint density at radius 1 is 1.33 bits per heavy atom. The zero-order chi connectivity index (χ0) is 13.5. The Labute approximate surface area is 117 Å². The smallest absolute Gasteiger partial charge is 0.320 e. The predicted octanol–water partition coefficient (Wildman–Crippen LogP) is 2.49. The van der Waals surface area contributed by atoms with Crippen LogP contribution in [0, 0.1) is 0 Å². The molecule has 1 amide bonds. The summed E-state index contributed by atoms with van der Waals surface area (Å²) in [5.74, 6) is -0.403. The number of amides is 1. The van der Waals surface area contributed by atoms with Crippen molar-refractivity contribution in [3.63, 3.8) is 0 Å². The van der Waals surface area contributed by atoms with Crippen molar-refractivity contribution in [1.82, 2.24) is 4.90 Å². The highest BCUT2D eigenvalue weighted by atomic mass is 79.9. The Balaban J connectivity index is 2.35. The second-order valence-corrected chi connectivity index (χ2v) is 5.83. The first-order chi connectivity index (χ1) is 8.56. The molecule has 0 radical (unpaired) electrons. The number of unbranched alkanes of at least 4 members (excludes halogenated alkanes) is 1. The molecule has 0 bridgehead atoms. The van der Waals surface area contributed by atoms with Gasteiger partial charge in [0.1, 0.15) is 4.83 Å². The first-order valence-electron chi connectivity index (χ1n) is 6.69. The van der Waals surface area contributed by atoms with Crippen LogP contribution >= 0.6 is 15.9 Å². The van der Waals surface area contributed by atoms with Crippen molar-refractivity contribution in [3.8, 4) is 0 Å². The van der Waals surface area contributed by atoms with E-state index in [9.17, 15) is 9.59 Å². The molecule has 1 saturated heterocycles. The third-order valence-corrected chi connectivity index (χ3v) is 3.96. The summed E-state index contributed by atoms with van der Waals surface area (Å²) in [4.78, 5) is 25.2. The maximum absolute atomic E-state index is 12.0. The normalized spacial score (nSPS) is 18.5. The van der Waals surface area contributed by atoms with Crippen LogP contribution in [-0.2, 0) is 14.3 Å². The van der Waals surface area contributed by atoms with E-state index in [1.807, 2.05) is 0 Å². The van der Waals surface area contributed by atoms with Crippen molar-refractivity contribution in [2.45, 2.75) is 56.9 Å². The number of nitrogens with zero attached hydrogens (tertiary/aromatic N) is 1. The highest BCUT2D eigenvalue weighted by molar-refractivity contribution is 9.10. The van der Waals surface area contributed by atoms with Gasteiger partial charge in [0.15, 0.2) is 6.10 Å². The van der Waals surface area contributed by atoms with E-state index in [1.54, 1.807) is 11.8 Å². The van der Waals surface area contributed by atoms with E-state index in [-0.39, 0.29) is 16.7 Å². The highest BCUT2D eigenvalue weighted by Crippen LogP contribution is 2.15. The maximum Gasteiger partial charge on any atom is 0.320 e. The van der Waals surface area contributed by atoms with Crippen molar-refractivity contribution in [1.29, 1.82) is 0 Å². The van der Waals surface area contributed by atoms with E-state index in [4.69, 9.17) is 4.74 Å². The number of carbonyl (C=O) groups excluding carboxylic acids is 2. The molecule has 4 nitrogen and oxygen atoms in total. The quantitative estimate of drug-likeness (QED) is 0.558. The molecule has 0 N–H and O–H groups in total. The number of halogens is 1. The Bertz CT molecular complexity index is 290. The molecule has 5 heteroatoms. The topological polar surface area (TPSA) is 46.6 Å². The van der Waals surface area contributed by atoms with Crippen LogP contribution in [0.2, 0.25) is 0 Å². The lowest BCUT2D eigenvalue weighted by atomic mass is 10.2. The number of rotatable bonds is 6. The fourth-order valence-corrected chi connectivity index (χ4v) is 2.43. The molecule has 0 saturated carbocycles. The molecule has 1 aliphatic rings. The molecule has 1 unspecified atom stereocenters. The molecule has 18 heavy (non-hydrogen) atoms. The minimum atomic E-state index is -0.669. The fraction of sp³-hybridized carbons (Fsp3) is 0.846. The summed E-state index contributed by atoms with van der Waals surface area (Å²) in [6.07, 6.45) is 4.18. The minimum absolute atomic E-state index is 0.0731. The summed E-state index contributed by atoms with van der Waals surface area (Å²) in [6, 6.07) is 0.